The van der Waals surface area contributed by atoms with Crippen LogP contribution in [0.2, 0.25) is 0 Å². The van der Waals surface area contributed by atoms with Crippen molar-refractivity contribution in [2.45, 2.75) is 6.92 Å². The van der Waals surface area contributed by atoms with Crippen molar-refractivity contribution in [3.8, 4) is 11.3 Å². The fourth-order valence-corrected chi connectivity index (χ4v) is 3.18. The Bertz CT molecular complexity index is 1190. The Labute approximate surface area is 148 Å². The largest absolute Gasteiger partial charge is 0.382 e. The highest BCUT2D eigenvalue weighted by atomic mass is 19.1. The fourth-order valence-electron chi connectivity index (χ4n) is 3.18. The lowest BCUT2D eigenvalue weighted by Crippen LogP contribution is -2.18. The van der Waals surface area contributed by atoms with E-state index in [1.807, 2.05) is 6.92 Å². The third-order valence-electron chi connectivity index (χ3n) is 4.66. The molecule has 0 saturated heterocycles. The number of nitrogens with two attached hydrogens (primary N) is 1. The van der Waals surface area contributed by atoms with Gasteiger partial charge in [-0.2, -0.15) is 0 Å². The SMILES string of the molecule is CNC(=O)c1cnc(N)c2[nH]c(-c3ccc4nc(C)n(C)c4c3F)cc12. The van der Waals surface area contributed by atoms with Crippen LogP contribution in [0.3, 0.4) is 0 Å². The van der Waals surface area contributed by atoms with Gasteiger partial charge in [-0.3, -0.25) is 4.79 Å². The van der Waals surface area contributed by atoms with E-state index in [1.165, 1.54) is 13.2 Å². The fraction of sp³-hybridized carbons (Fsp3) is 0.167. The highest BCUT2D eigenvalue weighted by Gasteiger charge is 2.19. The molecule has 0 fully saturated rings. The van der Waals surface area contributed by atoms with E-state index in [4.69, 9.17) is 5.73 Å². The van der Waals surface area contributed by atoms with Gasteiger partial charge in [-0.15, -0.1) is 0 Å². The Morgan fingerprint density at radius 2 is 2.15 bits per heavy atom. The van der Waals surface area contributed by atoms with E-state index in [2.05, 4.69) is 20.3 Å². The smallest absolute Gasteiger partial charge is 0.253 e. The number of nitrogens with zero attached hydrogens (tertiary/aromatic N) is 3. The van der Waals surface area contributed by atoms with Gasteiger partial charge in [-0.05, 0) is 25.1 Å². The van der Waals surface area contributed by atoms with Gasteiger partial charge in [-0.25, -0.2) is 14.4 Å². The first-order valence-corrected chi connectivity index (χ1v) is 8.03. The van der Waals surface area contributed by atoms with E-state index < -0.39 is 0 Å². The van der Waals surface area contributed by atoms with Crippen molar-refractivity contribution in [3.63, 3.8) is 0 Å². The first-order chi connectivity index (χ1) is 12.4. The summed E-state index contributed by atoms with van der Waals surface area (Å²) in [5.41, 5.74) is 8.72. The Hall–Kier alpha value is -3.42. The Balaban J connectivity index is 1.99. The zero-order chi connectivity index (χ0) is 18.6. The molecule has 0 unspecified atom stereocenters. The van der Waals surface area contributed by atoms with Gasteiger partial charge in [0, 0.05) is 36.9 Å². The summed E-state index contributed by atoms with van der Waals surface area (Å²) in [4.78, 5) is 23.6. The molecule has 132 valence electrons. The molecule has 7 nitrogen and oxygen atoms in total. The number of pyridine rings is 1. The number of nitrogens with one attached hydrogen (secondary N) is 2. The van der Waals surface area contributed by atoms with Crippen molar-refractivity contribution in [2.24, 2.45) is 7.05 Å². The first kappa shape index (κ1) is 16.1. The normalized spacial score (nSPS) is 11.4. The molecule has 0 radical (unpaired) electrons. The number of halogens is 1. The summed E-state index contributed by atoms with van der Waals surface area (Å²) in [5.74, 6) is 0.302. The molecule has 0 bridgehead atoms. The predicted molar refractivity (Wildman–Crippen MR) is 98.3 cm³/mol. The molecule has 1 amide bonds. The highest BCUT2D eigenvalue weighted by Crippen LogP contribution is 2.33. The van der Waals surface area contributed by atoms with Crippen molar-refractivity contribution in [3.05, 3.63) is 41.6 Å². The van der Waals surface area contributed by atoms with E-state index in [0.717, 1.165) is 5.82 Å². The quantitative estimate of drug-likeness (QED) is 0.516. The molecule has 4 N–H and O–H groups in total. The van der Waals surface area contributed by atoms with Crippen LogP contribution in [-0.2, 0) is 7.05 Å². The van der Waals surface area contributed by atoms with Gasteiger partial charge >= 0.3 is 0 Å². The van der Waals surface area contributed by atoms with Gasteiger partial charge in [-0.1, -0.05) is 0 Å². The number of benzene rings is 1. The second kappa shape index (κ2) is 5.55. The van der Waals surface area contributed by atoms with E-state index in [-0.39, 0.29) is 17.5 Å². The highest BCUT2D eigenvalue weighted by molar-refractivity contribution is 6.09. The van der Waals surface area contributed by atoms with Gasteiger partial charge in [0.2, 0.25) is 0 Å². The Morgan fingerprint density at radius 1 is 1.38 bits per heavy atom. The number of aromatic amines is 1. The molecule has 0 atom stereocenters. The molecule has 8 heteroatoms. The topological polar surface area (TPSA) is 102 Å². The third-order valence-corrected chi connectivity index (χ3v) is 4.66. The molecule has 0 aliphatic heterocycles. The van der Waals surface area contributed by atoms with Crippen molar-refractivity contribution < 1.29 is 9.18 Å². The number of H-pyrrole nitrogens is 1. The maximum Gasteiger partial charge on any atom is 0.253 e. The molecule has 1 aromatic carbocycles. The number of carbonyl (C=O) groups is 1. The van der Waals surface area contributed by atoms with Crippen LogP contribution < -0.4 is 11.1 Å². The van der Waals surface area contributed by atoms with Gasteiger partial charge in [0.05, 0.1) is 16.6 Å². The number of hydrogen-bond donors (Lipinski definition) is 3. The maximum absolute atomic E-state index is 15.2. The molecular formula is C18H17FN6O. The minimum absolute atomic E-state index is 0.247. The number of hydrogen-bond acceptors (Lipinski definition) is 4. The summed E-state index contributed by atoms with van der Waals surface area (Å²) in [5, 5.41) is 3.16. The molecule has 0 aliphatic rings. The maximum atomic E-state index is 15.2. The van der Waals surface area contributed by atoms with Crippen LogP contribution in [0.4, 0.5) is 10.2 Å². The Kier molecular flexibility index (Phi) is 3.43. The second-order valence-corrected chi connectivity index (χ2v) is 6.12. The van der Waals surface area contributed by atoms with Crippen LogP contribution in [0.25, 0.3) is 33.2 Å². The lowest BCUT2D eigenvalue weighted by Gasteiger charge is -2.04. The molecule has 4 rings (SSSR count). The lowest BCUT2D eigenvalue weighted by molar-refractivity contribution is 0.0964. The van der Waals surface area contributed by atoms with Crippen LogP contribution >= 0.6 is 0 Å². The molecule has 0 spiro atoms. The van der Waals surface area contributed by atoms with Crippen molar-refractivity contribution in [1.29, 1.82) is 0 Å². The predicted octanol–water partition coefficient (Wildman–Crippen LogP) is 2.51. The van der Waals surface area contributed by atoms with E-state index in [1.54, 1.807) is 29.8 Å². The third kappa shape index (κ3) is 2.15. The van der Waals surface area contributed by atoms with Gasteiger partial charge in [0.15, 0.2) is 5.82 Å². The van der Waals surface area contributed by atoms with Crippen molar-refractivity contribution in [1.82, 2.24) is 24.8 Å². The van der Waals surface area contributed by atoms with Crippen LogP contribution in [-0.4, -0.2) is 32.5 Å². The summed E-state index contributed by atoms with van der Waals surface area (Å²) < 4.78 is 16.9. The number of anilines is 1. The van der Waals surface area contributed by atoms with Crippen LogP contribution in [0.5, 0.6) is 0 Å². The molecular weight excluding hydrogens is 335 g/mol. The van der Waals surface area contributed by atoms with Gasteiger partial charge in [0.1, 0.15) is 17.2 Å². The number of rotatable bonds is 2. The van der Waals surface area contributed by atoms with Crippen molar-refractivity contribution in [2.75, 3.05) is 12.8 Å². The summed E-state index contributed by atoms with van der Waals surface area (Å²) in [6.45, 7) is 1.82. The monoisotopic (exact) mass is 352 g/mol. The molecule has 26 heavy (non-hydrogen) atoms. The lowest BCUT2D eigenvalue weighted by atomic mass is 10.1. The number of fused-ring (bicyclic) bond motifs is 2. The van der Waals surface area contributed by atoms with Gasteiger partial charge < -0.3 is 20.6 Å². The number of nitrogen functional groups attached to an aromatic ring is 1. The number of aryl methyl sites for hydroxylation is 2. The van der Waals surface area contributed by atoms with Crippen LogP contribution in [0, 0.1) is 12.7 Å². The number of carbonyl (C=O) groups excluding carboxylic acids is 1. The minimum atomic E-state index is -0.384. The molecule has 0 aliphatic carbocycles. The first-order valence-electron chi connectivity index (χ1n) is 8.03. The summed E-state index contributed by atoms with van der Waals surface area (Å²) in [6.07, 6.45) is 1.41. The molecule has 4 aromatic rings. The minimum Gasteiger partial charge on any atom is -0.382 e. The summed E-state index contributed by atoms with van der Waals surface area (Å²) in [7, 11) is 3.31. The standard InChI is InChI=1S/C18H17FN6O/c1-8-23-12-5-4-9(14(19)16(12)25(8)3)13-6-10-11(18(26)21-2)7-22-17(20)15(10)24-13/h4-7,24H,1-3H3,(H2,20,22)(H,21,26). The molecule has 3 heterocycles. The molecule has 0 saturated carbocycles. The second-order valence-electron chi connectivity index (χ2n) is 6.12. The van der Waals surface area contributed by atoms with E-state index in [9.17, 15) is 4.79 Å². The van der Waals surface area contributed by atoms with Crippen LogP contribution in [0.1, 0.15) is 16.2 Å². The number of amides is 1. The Morgan fingerprint density at radius 3 is 2.88 bits per heavy atom. The average Bonchev–Trinajstić information content (AvgIpc) is 3.18. The van der Waals surface area contributed by atoms with Crippen molar-refractivity contribution >= 4 is 33.7 Å². The van der Waals surface area contributed by atoms with E-state index >= 15 is 4.39 Å². The summed E-state index contributed by atoms with van der Waals surface area (Å²) in [6, 6.07) is 5.15. The summed E-state index contributed by atoms with van der Waals surface area (Å²) >= 11 is 0. The number of aromatic nitrogens is 4. The number of imidazole rings is 1. The van der Waals surface area contributed by atoms with E-state index in [0.29, 0.717) is 38.8 Å². The zero-order valence-electron chi connectivity index (χ0n) is 14.5. The zero-order valence-corrected chi connectivity index (χ0v) is 14.5. The van der Waals surface area contributed by atoms with Gasteiger partial charge in [0.25, 0.3) is 5.91 Å². The van der Waals surface area contributed by atoms with Crippen LogP contribution in [0.15, 0.2) is 24.4 Å². The molecule has 3 aromatic heterocycles. The average molecular weight is 352 g/mol.